The number of carbonyl (C=O) groups excluding carboxylic acids is 1. The second kappa shape index (κ2) is 5.07. The first-order valence-corrected chi connectivity index (χ1v) is 6.32. The Balaban J connectivity index is 2.00. The molecule has 0 saturated carbocycles. The molecule has 6 nitrogen and oxygen atoms in total. The summed E-state index contributed by atoms with van der Waals surface area (Å²) < 4.78 is 1.31. The molecule has 0 aliphatic carbocycles. The second-order valence-electron chi connectivity index (χ2n) is 3.88. The number of pyridine rings is 1. The topological polar surface area (TPSA) is 72.2 Å². The molecule has 20 heavy (non-hydrogen) atoms. The van der Waals surface area contributed by atoms with Crippen molar-refractivity contribution in [2.75, 3.05) is 5.32 Å². The van der Waals surface area contributed by atoms with Crippen LogP contribution in [0.5, 0.6) is 0 Å². The van der Waals surface area contributed by atoms with Gasteiger partial charge in [-0.25, -0.2) is 9.50 Å². The van der Waals surface area contributed by atoms with Crippen molar-refractivity contribution in [3.8, 4) is 0 Å². The van der Waals surface area contributed by atoms with Gasteiger partial charge in [-0.3, -0.25) is 9.78 Å². The van der Waals surface area contributed by atoms with Gasteiger partial charge in [-0.15, -0.1) is 0 Å². The quantitative estimate of drug-likeness (QED) is 0.790. The van der Waals surface area contributed by atoms with Crippen molar-refractivity contribution >= 4 is 40.4 Å². The molecule has 1 N–H and O–H groups in total. The van der Waals surface area contributed by atoms with E-state index in [0.29, 0.717) is 16.4 Å². The van der Waals surface area contributed by atoms with Crippen LogP contribution < -0.4 is 5.32 Å². The lowest BCUT2D eigenvalue weighted by molar-refractivity contribution is 0.102. The first-order valence-electron chi connectivity index (χ1n) is 5.56. The van der Waals surface area contributed by atoms with Crippen LogP contribution in [-0.4, -0.2) is 25.5 Å². The number of halogens is 2. The van der Waals surface area contributed by atoms with Crippen molar-refractivity contribution in [2.24, 2.45) is 0 Å². The first kappa shape index (κ1) is 12.8. The number of imidazole rings is 1. The van der Waals surface area contributed by atoms with E-state index in [-0.39, 0.29) is 16.8 Å². The minimum atomic E-state index is -0.366. The minimum Gasteiger partial charge on any atom is -0.320 e. The van der Waals surface area contributed by atoms with Gasteiger partial charge in [0.05, 0.1) is 11.2 Å². The summed E-state index contributed by atoms with van der Waals surface area (Å²) in [5.41, 5.74) is 1.23. The minimum absolute atomic E-state index is 0.179. The van der Waals surface area contributed by atoms with Crippen LogP contribution in [0.1, 0.15) is 10.5 Å². The Kier molecular flexibility index (Phi) is 3.25. The average Bonchev–Trinajstić information content (AvgIpc) is 2.84. The van der Waals surface area contributed by atoms with E-state index in [4.69, 9.17) is 23.2 Å². The summed E-state index contributed by atoms with van der Waals surface area (Å²) in [5, 5.41) is 7.24. The highest BCUT2D eigenvalue weighted by Gasteiger charge is 2.15. The molecule has 3 aromatic heterocycles. The number of aromatic nitrogens is 4. The molecule has 1 amide bonds. The Labute approximate surface area is 123 Å². The third kappa shape index (κ3) is 2.31. The fourth-order valence-electron chi connectivity index (χ4n) is 1.69. The SMILES string of the molecule is O=C(Nc1ccncc1)c1cnc2c(Cl)cc(Cl)nn12. The van der Waals surface area contributed by atoms with Gasteiger partial charge in [-0.05, 0) is 18.2 Å². The van der Waals surface area contributed by atoms with Crippen LogP contribution in [0.15, 0.2) is 36.8 Å². The molecule has 0 atom stereocenters. The molecule has 3 aromatic rings. The van der Waals surface area contributed by atoms with Crippen LogP contribution in [-0.2, 0) is 0 Å². The summed E-state index contributed by atoms with van der Waals surface area (Å²) >= 11 is 11.8. The molecule has 0 unspecified atom stereocenters. The highest BCUT2D eigenvalue weighted by atomic mass is 35.5. The van der Waals surface area contributed by atoms with Gasteiger partial charge in [0, 0.05) is 18.1 Å². The van der Waals surface area contributed by atoms with Crippen LogP contribution >= 0.6 is 23.2 Å². The Morgan fingerprint density at radius 3 is 2.75 bits per heavy atom. The van der Waals surface area contributed by atoms with Crippen molar-refractivity contribution < 1.29 is 4.79 Å². The number of nitrogens with one attached hydrogen (secondary N) is 1. The van der Waals surface area contributed by atoms with Gasteiger partial charge >= 0.3 is 0 Å². The molecular weight excluding hydrogens is 301 g/mol. The van der Waals surface area contributed by atoms with Gasteiger partial charge in [0.1, 0.15) is 0 Å². The number of nitrogens with zero attached hydrogens (tertiary/aromatic N) is 4. The number of carbonyl (C=O) groups is 1. The van der Waals surface area contributed by atoms with Crippen LogP contribution in [0.4, 0.5) is 5.69 Å². The number of hydrogen-bond acceptors (Lipinski definition) is 4. The summed E-state index contributed by atoms with van der Waals surface area (Å²) in [6.45, 7) is 0. The molecule has 3 rings (SSSR count). The summed E-state index contributed by atoms with van der Waals surface area (Å²) in [4.78, 5) is 20.1. The lowest BCUT2D eigenvalue weighted by atomic mass is 10.3. The molecule has 3 heterocycles. The van der Waals surface area contributed by atoms with E-state index < -0.39 is 0 Å². The van der Waals surface area contributed by atoms with E-state index in [0.717, 1.165) is 0 Å². The number of anilines is 1. The molecule has 0 bridgehead atoms. The Morgan fingerprint density at radius 1 is 1.25 bits per heavy atom. The Morgan fingerprint density at radius 2 is 2.00 bits per heavy atom. The summed E-state index contributed by atoms with van der Waals surface area (Å²) in [5.74, 6) is -0.366. The maximum Gasteiger partial charge on any atom is 0.276 e. The van der Waals surface area contributed by atoms with Gasteiger partial charge in [0.25, 0.3) is 5.91 Å². The highest BCUT2D eigenvalue weighted by molar-refractivity contribution is 6.35. The van der Waals surface area contributed by atoms with Crippen molar-refractivity contribution in [2.45, 2.75) is 0 Å². The fourth-order valence-corrected chi connectivity index (χ4v) is 2.16. The van der Waals surface area contributed by atoms with Gasteiger partial charge < -0.3 is 5.32 Å². The molecule has 0 aliphatic rings. The normalized spacial score (nSPS) is 10.7. The van der Waals surface area contributed by atoms with Crippen molar-refractivity contribution in [1.29, 1.82) is 0 Å². The highest BCUT2D eigenvalue weighted by Crippen LogP contribution is 2.20. The zero-order valence-electron chi connectivity index (χ0n) is 9.92. The predicted molar refractivity (Wildman–Crippen MR) is 75.2 cm³/mol. The summed E-state index contributed by atoms with van der Waals surface area (Å²) in [6, 6.07) is 4.82. The average molecular weight is 308 g/mol. The zero-order chi connectivity index (χ0) is 14.1. The molecular formula is C12H7Cl2N5O. The summed E-state index contributed by atoms with van der Waals surface area (Å²) in [6.07, 6.45) is 4.55. The smallest absolute Gasteiger partial charge is 0.276 e. The number of fused-ring (bicyclic) bond motifs is 1. The maximum atomic E-state index is 12.2. The van der Waals surface area contributed by atoms with E-state index >= 15 is 0 Å². The fraction of sp³-hybridized carbons (Fsp3) is 0. The molecule has 0 aromatic carbocycles. The second-order valence-corrected chi connectivity index (χ2v) is 4.68. The molecule has 0 fully saturated rings. The van der Waals surface area contributed by atoms with Gasteiger partial charge in [-0.2, -0.15) is 5.10 Å². The third-order valence-corrected chi connectivity index (χ3v) is 3.03. The molecule has 0 radical (unpaired) electrons. The molecule has 100 valence electrons. The molecule has 0 aliphatic heterocycles. The van der Waals surface area contributed by atoms with Gasteiger partial charge in [0.2, 0.25) is 0 Å². The van der Waals surface area contributed by atoms with E-state index in [9.17, 15) is 4.79 Å². The Bertz CT molecular complexity index is 787. The van der Waals surface area contributed by atoms with Crippen LogP contribution in [0.3, 0.4) is 0 Å². The van der Waals surface area contributed by atoms with E-state index in [1.165, 1.54) is 16.8 Å². The van der Waals surface area contributed by atoms with E-state index in [1.54, 1.807) is 24.5 Å². The van der Waals surface area contributed by atoms with Gasteiger partial charge in [-0.1, -0.05) is 23.2 Å². The van der Waals surface area contributed by atoms with Crippen molar-refractivity contribution in [1.82, 2.24) is 19.6 Å². The lowest BCUT2D eigenvalue weighted by Crippen LogP contribution is -2.15. The van der Waals surface area contributed by atoms with Crippen molar-refractivity contribution in [3.05, 3.63) is 52.7 Å². The van der Waals surface area contributed by atoms with Gasteiger partial charge in [0.15, 0.2) is 16.5 Å². The zero-order valence-corrected chi connectivity index (χ0v) is 11.4. The van der Waals surface area contributed by atoms with Crippen molar-refractivity contribution in [3.63, 3.8) is 0 Å². The lowest BCUT2D eigenvalue weighted by Gasteiger charge is -2.04. The first-order chi connectivity index (χ1) is 9.65. The van der Waals surface area contributed by atoms with E-state index in [2.05, 4.69) is 20.4 Å². The third-order valence-electron chi connectivity index (χ3n) is 2.56. The molecule has 0 saturated heterocycles. The molecule has 8 heteroatoms. The largest absolute Gasteiger partial charge is 0.320 e. The number of amides is 1. The number of hydrogen-bond donors (Lipinski definition) is 1. The molecule has 0 spiro atoms. The Hall–Kier alpha value is -2.18. The van der Waals surface area contributed by atoms with Crippen LogP contribution in [0.2, 0.25) is 10.2 Å². The van der Waals surface area contributed by atoms with Crippen LogP contribution in [0, 0.1) is 0 Å². The predicted octanol–water partition coefficient (Wildman–Crippen LogP) is 2.68. The summed E-state index contributed by atoms with van der Waals surface area (Å²) in [7, 11) is 0. The number of rotatable bonds is 2. The maximum absolute atomic E-state index is 12.2. The van der Waals surface area contributed by atoms with Crippen LogP contribution in [0.25, 0.3) is 5.65 Å². The standard InChI is InChI=1S/C12H7Cl2N5O/c13-8-5-10(14)18-19-9(6-16-11(8)19)12(20)17-7-1-3-15-4-2-7/h1-6H,(H,15,17,20). The van der Waals surface area contributed by atoms with E-state index in [1.807, 2.05) is 0 Å². The monoisotopic (exact) mass is 307 g/mol.